The predicted octanol–water partition coefficient (Wildman–Crippen LogP) is 5.04. The number of carbonyl (C=O) groups excluding carboxylic acids is 1. The molecule has 0 aliphatic carbocycles. The van der Waals surface area contributed by atoms with Crippen LogP contribution in [0.5, 0.6) is 0 Å². The molecule has 1 aliphatic heterocycles. The molecule has 5 nitrogen and oxygen atoms in total. The average molecular weight is 470 g/mol. The number of thiophene rings is 1. The zero-order valence-electron chi connectivity index (χ0n) is 19.3. The van der Waals surface area contributed by atoms with Gasteiger partial charge < -0.3 is 4.90 Å². The minimum atomic E-state index is -0.00873. The fraction of sp³-hybridized carbons (Fsp3) is 0.480. The van der Waals surface area contributed by atoms with E-state index >= 15 is 0 Å². The second-order valence-electron chi connectivity index (χ2n) is 8.83. The van der Waals surface area contributed by atoms with Crippen LogP contribution in [0.25, 0.3) is 10.2 Å². The number of aromatic nitrogens is 2. The van der Waals surface area contributed by atoms with Crippen LogP contribution in [0.4, 0.5) is 0 Å². The Bertz CT molecular complexity index is 1180. The monoisotopic (exact) mass is 469 g/mol. The molecule has 170 valence electrons. The molecule has 0 unspecified atom stereocenters. The Morgan fingerprint density at radius 3 is 2.69 bits per heavy atom. The average Bonchev–Trinajstić information content (AvgIpc) is 3.11. The molecule has 3 aromatic rings. The molecule has 7 heteroatoms. The van der Waals surface area contributed by atoms with Crippen molar-refractivity contribution >= 4 is 39.2 Å². The molecule has 1 saturated heterocycles. The Morgan fingerprint density at radius 2 is 2.00 bits per heavy atom. The molecule has 2 aromatic heterocycles. The largest absolute Gasteiger partial charge is 0.342 e. The van der Waals surface area contributed by atoms with E-state index in [1.807, 2.05) is 11.8 Å². The molecular weight excluding hydrogens is 438 g/mol. The van der Waals surface area contributed by atoms with Gasteiger partial charge in [0.2, 0.25) is 5.91 Å². The van der Waals surface area contributed by atoms with Crippen LogP contribution >= 0.6 is 23.1 Å². The third kappa shape index (κ3) is 4.79. The molecule has 32 heavy (non-hydrogen) atoms. The number of piperidine rings is 1. The number of aryl methyl sites for hydroxylation is 3. The van der Waals surface area contributed by atoms with Gasteiger partial charge in [-0.05, 0) is 50.2 Å². The summed E-state index contributed by atoms with van der Waals surface area (Å²) in [6.45, 7) is 10.5. The van der Waals surface area contributed by atoms with Crippen LogP contribution < -0.4 is 5.56 Å². The van der Waals surface area contributed by atoms with Gasteiger partial charge in [0.1, 0.15) is 4.83 Å². The summed E-state index contributed by atoms with van der Waals surface area (Å²) in [7, 11) is 0. The van der Waals surface area contributed by atoms with Crippen molar-refractivity contribution in [3.63, 3.8) is 0 Å². The standard InChI is InChI=1S/C25H31N3O2S2/c1-5-20-18(4)22-23(32-20)26-25(31-15-21(29)27-12-6-7-17(3)13-27)28(24(22)30)14-19-10-8-16(2)9-11-19/h8-11,17H,5-7,12-15H2,1-4H3/t17-/m1/s1. The maximum atomic E-state index is 13.6. The van der Waals surface area contributed by atoms with Crippen LogP contribution in [0.1, 0.15) is 48.3 Å². The number of carbonyl (C=O) groups is 1. The van der Waals surface area contributed by atoms with Crippen LogP contribution in [-0.2, 0) is 17.8 Å². The lowest BCUT2D eigenvalue weighted by molar-refractivity contribution is -0.130. The van der Waals surface area contributed by atoms with Crippen LogP contribution in [0.2, 0.25) is 0 Å². The van der Waals surface area contributed by atoms with Gasteiger partial charge in [-0.15, -0.1) is 11.3 Å². The molecule has 1 fully saturated rings. The van der Waals surface area contributed by atoms with E-state index in [1.54, 1.807) is 15.9 Å². The van der Waals surface area contributed by atoms with E-state index < -0.39 is 0 Å². The van der Waals surface area contributed by atoms with Crippen molar-refractivity contribution in [2.24, 2.45) is 5.92 Å². The topological polar surface area (TPSA) is 55.2 Å². The number of hydrogen-bond donors (Lipinski definition) is 0. The van der Waals surface area contributed by atoms with Crippen molar-refractivity contribution in [2.75, 3.05) is 18.8 Å². The number of thioether (sulfide) groups is 1. The SMILES string of the molecule is CCc1sc2nc(SCC(=O)N3CCC[C@@H](C)C3)n(Cc3ccc(C)cc3)c(=O)c2c1C. The van der Waals surface area contributed by atoms with Crippen molar-refractivity contribution in [3.05, 3.63) is 56.2 Å². The highest BCUT2D eigenvalue weighted by molar-refractivity contribution is 7.99. The molecule has 0 radical (unpaired) electrons. The minimum absolute atomic E-state index is 0.00873. The molecule has 1 aromatic carbocycles. The molecule has 4 rings (SSSR count). The molecule has 0 N–H and O–H groups in total. The number of benzene rings is 1. The highest BCUT2D eigenvalue weighted by atomic mass is 32.2. The van der Waals surface area contributed by atoms with Crippen LogP contribution in [0.3, 0.4) is 0 Å². The third-order valence-electron chi connectivity index (χ3n) is 6.23. The van der Waals surface area contributed by atoms with Crippen LogP contribution in [0.15, 0.2) is 34.2 Å². The van der Waals surface area contributed by atoms with Gasteiger partial charge in [-0.2, -0.15) is 0 Å². The summed E-state index contributed by atoms with van der Waals surface area (Å²) in [6, 6.07) is 8.23. The van der Waals surface area contributed by atoms with Crippen LogP contribution in [0, 0.1) is 19.8 Å². The fourth-order valence-electron chi connectivity index (χ4n) is 4.34. The Morgan fingerprint density at radius 1 is 1.25 bits per heavy atom. The lowest BCUT2D eigenvalue weighted by Crippen LogP contribution is -2.40. The quantitative estimate of drug-likeness (QED) is 0.375. The van der Waals surface area contributed by atoms with E-state index in [-0.39, 0.29) is 11.5 Å². The van der Waals surface area contributed by atoms with E-state index in [0.717, 1.165) is 47.3 Å². The molecular formula is C25H31N3O2S2. The third-order valence-corrected chi connectivity index (χ3v) is 8.52. The highest BCUT2D eigenvalue weighted by Gasteiger charge is 2.23. The molecule has 1 atom stereocenters. The molecule has 1 aliphatic rings. The summed E-state index contributed by atoms with van der Waals surface area (Å²) in [4.78, 5) is 35.3. The first-order chi connectivity index (χ1) is 15.4. The number of likely N-dealkylation sites (tertiary alicyclic amines) is 1. The number of nitrogens with zero attached hydrogens (tertiary/aromatic N) is 3. The first-order valence-corrected chi connectivity index (χ1v) is 13.2. The summed E-state index contributed by atoms with van der Waals surface area (Å²) < 4.78 is 1.75. The van der Waals surface area contributed by atoms with E-state index in [9.17, 15) is 9.59 Å². The second-order valence-corrected chi connectivity index (χ2v) is 10.9. The van der Waals surface area contributed by atoms with E-state index in [4.69, 9.17) is 4.98 Å². The second kappa shape index (κ2) is 9.79. The molecule has 0 spiro atoms. The van der Waals surface area contributed by atoms with Gasteiger partial charge in [0.15, 0.2) is 5.16 Å². The lowest BCUT2D eigenvalue weighted by atomic mass is 10.0. The Hall–Kier alpha value is -2.12. The van der Waals surface area contributed by atoms with E-state index in [2.05, 4.69) is 45.0 Å². The maximum absolute atomic E-state index is 13.6. The number of amides is 1. The lowest BCUT2D eigenvalue weighted by Gasteiger charge is -2.30. The summed E-state index contributed by atoms with van der Waals surface area (Å²) in [6.07, 6.45) is 3.13. The highest BCUT2D eigenvalue weighted by Crippen LogP contribution is 2.30. The first-order valence-electron chi connectivity index (χ1n) is 11.4. The van der Waals surface area contributed by atoms with Gasteiger partial charge in [-0.25, -0.2) is 4.98 Å². The van der Waals surface area contributed by atoms with Gasteiger partial charge in [0, 0.05) is 18.0 Å². The maximum Gasteiger partial charge on any atom is 0.263 e. The van der Waals surface area contributed by atoms with Gasteiger partial charge in [0.05, 0.1) is 17.7 Å². The summed E-state index contributed by atoms with van der Waals surface area (Å²) >= 11 is 2.99. The number of rotatable bonds is 6. The van der Waals surface area contributed by atoms with Gasteiger partial charge in [0.25, 0.3) is 5.56 Å². The summed E-state index contributed by atoms with van der Waals surface area (Å²) in [5.74, 6) is 0.992. The normalized spacial score (nSPS) is 16.6. The van der Waals surface area contributed by atoms with Crippen molar-refractivity contribution in [1.29, 1.82) is 0 Å². The van der Waals surface area contributed by atoms with Gasteiger partial charge in [-0.3, -0.25) is 14.2 Å². The zero-order chi connectivity index (χ0) is 22.8. The number of hydrogen-bond acceptors (Lipinski definition) is 5. The predicted molar refractivity (Wildman–Crippen MR) is 134 cm³/mol. The van der Waals surface area contributed by atoms with Crippen molar-refractivity contribution in [3.8, 4) is 0 Å². The molecule has 3 heterocycles. The number of fused-ring (bicyclic) bond motifs is 1. The summed E-state index contributed by atoms with van der Waals surface area (Å²) in [5, 5.41) is 1.35. The van der Waals surface area contributed by atoms with Crippen molar-refractivity contribution in [2.45, 2.75) is 58.7 Å². The van der Waals surface area contributed by atoms with E-state index in [0.29, 0.717) is 23.4 Å². The van der Waals surface area contributed by atoms with E-state index in [1.165, 1.54) is 28.6 Å². The van der Waals surface area contributed by atoms with Gasteiger partial charge in [-0.1, -0.05) is 55.4 Å². The fourth-order valence-corrected chi connectivity index (χ4v) is 6.40. The molecule has 0 saturated carbocycles. The molecule has 1 amide bonds. The minimum Gasteiger partial charge on any atom is -0.342 e. The Balaban J connectivity index is 1.68. The Labute approximate surface area is 197 Å². The van der Waals surface area contributed by atoms with Crippen molar-refractivity contribution < 1.29 is 4.79 Å². The van der Waals surface area contributed by atoms with Gasteiger partial charge >= 0.3 is 0 Å². The summed E-state index contributed by atoms with van der Waals surface area (Å²) in [5.41, 5.74) is 3.27. The zero-order valence-corrected chi connectivity index (χ0v) is 20.9. The first kappa shape index (κ1) is 23.1. The Kier molecular flexibility index (Phi) is 7.05. The smallest absolute Gasteiger partial charge is 0.263 e. The van der Waals surface area contributed by atoms with Crippen molar-refractivity contribution in [1.82, 2.24) is 14.5 Å². The van der Waals surface area contributed by atoms with Crippen LogP contribution in [-0.4, -0.2) is 39.2 Å². The molecule has 0 bridgehead atoms.